The first kappa shape index (κ1) is 14.5. The zero-order chi connectivity index (χ0) is 9.73. The van der Waals surface area contributed by atoms with Crippen LogP contribution >= 0.6 is 24.0 Å². The molecule has 1 N–H and O–H groups in total. The Balaban J connectivity index is 0.00000169. The second-order valence-corrected chi connectivity index (χ2v) is 4.87. The number of hydrogen-bond donors (Lipinski definition) is 1. The van der Waals surface area contributed by atoms with Crippen LogP contribution in [0.15, 0.2) is 0 Å². The second-order valence-electron chi connectivity index (χ2n) is 4.49. The first-order valence-electron chi connectivity index (χ1n) is 5.52. The van der Waals surface area contributed by atoms with Crippen molar-refractivity contribution in [3.8, 4) is 0 Å². The highest BCUT2D eigenvalue weighted by Crippen LogP contribution is 2.34. The summed E-state index contributed by atoms with van der Waals surface area (Å²) < 4.78 is 0. The smallest absolute Gasteiger partial charge is 0.0348 e. The lowest BCUT2D eigenvalue weighted by atomic mass is 9.74. The minimum absolute atomic E-state index is 0. The quantitative estimate of drug-likeness (QED) is 0.740. The summed E-state index contributed by atoms with van der Waals surface area (Å²) in [4.78, 5) is 0. The molecular formula is C11H23Cl2N. The Labute approximate surface area is 99.4 Å². The van der Waals surface area contributed by atoms with Gasteiger partial charge in [-0.2, -0.15) is 0 Å². The molecule has 0 aromatic carbocycles. The summed E-state index contributed by atoms with van der Waals surface area (Å²) in [6.45, 7) is 5.61. The van der Waals surface area contributed by atoms with E-state index in [1.807, 2.05) is 0 Å². The summed E-state index contributed by atoms with van der Waals surface area (Å²) in [5.74, 6) is 1.46. The standard InChI is InChI=1S/C11H22ClN.ClH/c1-10(2)11(13-9-8-12)6-4-3-5-7-11;/h10,13H,3-9H2,1-2H3;1H. The molecule has 14 heavy (non-hydrogen) atoms. The molecule has 0 aliphatic heterocycles. The number of nitrogens with one attached hydrogen (secondary N) is 1. The third-order valence-corrected chi connectivity index (χ3v) is 3.61. The summed E-state index contributed by atoms with van der Waals surface area (Å²) in [5, 5.41) is 3.65. The van der Waals surface area contributed by atoms with Crippen LogP contribution in [0.4, 0.5) is 0 Å². The monoisotopic (exact) mass is 239 g/mol. The molecule has 1 aliphatic rings. The highest BCUT2D eigenvalue weighted by molar-refractivity contribution is 6.18. The fourth-order valence-corrected chi connectivity index (χ4v) is 2.53. The molecule has 0 radical (unpaired) electrons. The molecule has 0 amide bonds. The minimum atomic E-state index is 0. The molecule has 1 nitrogen and oxygen atoms in total. The third kappa shape index (κ3) is 3.60. The van der Waals surface area contributed by atoms with E-state index < -0.39 is 0 Å². The normalized spacial score (nSPS) is 20.6. The van der Waals surface area contributed by atoms with Crippen LogP contribution < -0.4 is 5.32 Å². The lowest BCUT2D eigenvalue weighted by Crippen LogP contribution is -2.51. The van der Waals surface area contributed by atoms with Crippen molar-refractivity contribution in [2.24, 2.45) is 5.92 Å². The van der Waals surface area contributed by atoms with Crippen molar-refractivity contribution >= 4 is 24.0 Å². The topological polar surface area (TPSA) is 12.0 Å². The number of alkyl halides is 1. The Hall–Kier alpha value is 0.540. The predicted octanol–water partition coefficient (Wildman–Crippen LogP) is 3.60. The van der Waals surface area contributed by atoms with Crippen molar-refractivity contribution in [1.82, 2.24) is 5.32 Å². The zero-order valence-electron chi connectivity index (χ0n) is 9.31. The fraction of sp³-hybridized carbons (Fsp3) is 1.00. The first-order chi connectivity index (χ1) is 6.21. The van der Waals surface area contributed by atoms with E-state index in [0.717, 1.165) is 18.3 Å². The third-order valence-electron chi connectivity index (χ3n) is 3.42. The molecule has 0 heterocycles. The number of halogens is 2. The average Bonchev–Trinajstić information content (AvgIpc) is 2.16. The molecule has 1 saturated carbocycles. The van der Waals surface area contributed by atoms with Gasteiger partial charge in [0.25, 0.3) is 0 Å². The summed E-state index contributed by atoms with van der Waals surface area (Å²) >= 11 is 5.72. The molecule has 0 aromatic heterocycles. The van der Waals surface area contributed by atoms with Crippen molar-refractivity contribution < 1.29 is 0 Å². The number of hydrogen-bond acceptors (Lipinski definition) is 1. The van der Waals surface area contributed by atoms with Crippen LogP contribution in [0.25, 0.3) is 0 Å². The average molecular weight is 240 g/mol. The summed E-state index contributed by atoms with van der Waals surface area (Å²) in [6.07, 6.45) is 6.85. The van der Waals surface area contributed by atoms with Gasteiger partial charge in [0.1, 0.15) is 0 Å². The van der Waals surface area contributed by atoms with Crippen LogP contribution in [0.1, 0.15) is 46.0 Å². The van der Waals surface area contributed by atoms with Gasteiger partial charge in [-0.05, 0) is 18.8 Å². The Kier molecular flexibility index (Phi) is 7.19. The van der Waals surface area contributed by atoms with Gasteiger partial charge in [0, 0.05) is 18.0 Å². The van der Waals surface area contributed by atoms with Crippen LogP contribution in [-0.4, -0.2) is 18.0 Å². The van der Waals surface area contributed by atoms with E-state index in [9.17, 15) is 0 Å². The van der Waals surface area contributed by atoms with Crippen LogP contribution in [0.2, 0.25) is 0 Å². The Bertz CT molecular complexity index is 142. The van der Waals surface area contributed by atoms with Crippen molar-refractivity contribution in [1.29, 1.82) is 0 Å². The molecule has 1 rings (SSSR count). The van der Waals surface area contributed by atoms with Gasteiger partial charge in [-0.15, -0.1) is 24.0 Å². The highest BCUT2D eigenvalue weighted by atomic mass is 35.5. The molecule has 0 atom stereocenters. The van der Waals surface area contributed by atoms with Crippen LogP contribution in [0.3, 0.4) is 0 Å². The molecule has 0 spiro atoms. The van der Waals surface area contributed by atoms with Crippen LogP contribution in [0, 0.1) is 5.92 Å². The van der Waals surface area contributed by atoms with E-state index in [0.29, 0.717) is 5.54 Å². The van der Waals surface area contributed by atoms with Crippen molar-refractivity contribution in [3.63, 3.8) is 0 Å². The van der Waals surface area contributed by atoms with E-state index in [1.54, 1.807) is 0 Å². The maximum Gasteiger partial charge on any atom is 0.0348 e. The zero-order valence-corrected chi connectivity index (χ0v) is 10.9. The van der Waals surface area contributed by atoms with Gasteiger partial charge < -0.3 is 5.32 Å². The summed E-state index contributed by atoms with van der Waals surface area (Å²) in [7, 11) is 0. The van der Waals surface area contributed by atoms with E-state index in [1.165, 1.54) is 32.1 Å². The first-order valence-corrected chi connectivity index (χ1v) is 6.06. The van der Waals surface area contributed by atoms with Crippen LogP contribution in [0.5, 0.6) is 0 Å². The lowest BCUT2D eigenvalue weighted by Gasteiger charge is -2.42. The Morgan fingerprint density at radius 3 is 2.21 bits per heavy atom. The van der Waals surface area contributed by atoms with Crippen molar-refractivity contribution in [3.05, 3.63) is 0 Å². The van der Waals surface area contributed by atoms with Gasteiger partial charge in [0.2, 0.25) is 0 Å². The molecule has 1 fully saturated rings. The summed E-state index contributed by atoms with van der Waals surface area (Å²) in [6, 6.07) is 0. The molecule has 0 saturated heterocycles. The predicted molar refractivity (Wildman–Crippen MR) is 66.6 cm³/mol. The Morgan fingerprint density at radius 1 is 1.21 bits per heavy atom. The molecule has 86 valence electrons. The maximum absolute atomic E-state index is 5.72. The number of rotatable bonds is 4. The maximum atomic E-state index is 5.72. The van der Waals surface area contributed by atoms with Crippen molar-refractivity contribution in [2.75, 3.05) is 12.4 Å². The van der Waals surface area contributed by atoms with Crippen molar-refractivity contribution in [2.45, 2.75) is 51.5 Å². The molecule has 0 unspecified atom stereocenters. The molecule has 0 bridgehead atoms. The van der Waals surface area contributed by atoms with E-state index in [2.05, 4.69) is 19.2 Å². The van der Waals surface area contributed by atoms with E-state index >= 15 is 0 Å². The van der Waals surface area contributed by atoms with Gasteiger partial charge in [-0.3, -0.25) is 0 Å². The van der Waals surface area contributed by atoms with Crippen LogP contribution in [-0.2, 0) is 0 Å². The molecular weight excluding hydrogens is 217 g/mol. The molecule has 0 aromatic rings. The van der Waals surface area contributed by atoms with Gasteiger partial charge >= 0.3 is 0 Å². The van der Waals surface area contributed by atoms with Gasteiger partial charge in [-0.25, -0.2) is 0 Å². The lowest BCUT2D eigenvalue weighted by molar-refractivity contribution is 0.169. The van der Waals surface area contributed by atoms with E-state index in [4.69, 9.17) is 11.6 Å². The second kappa shape index (κ2) is 6.92. The largest absolute Gasteiger partial charge is 0.310 e. The molecule has 1 aliphatic carbocycles. The fourth-order valence-electron chi connectivity index (χ4n) is 2.44. The van der Waals surface area contributed by atoms with Gasteiger partial charge in [0.15, 0.2) is 0 Å². The van der Waals surface area contributed by atoms with E-state index in [-0.39, 0.29) is 12.4 Å². The Morgan fingerprint density at radius 2 is 1.79 bits per heavy atom. The SMILES string of the molecule is CC(C)C1(NCCCl)CCCCC1.Cl. The highest BCUT2D eigenvalue weighted by Gasteiger charge is 2.33. The van der Waals surface area contributed by atoms with Gasteiger partial charge in [0.05, 0.1) is 0 Å². The molecule has 3 heteroatoms. The summed E-state index contributed by atoms with van der Waals surface area (Å²) in [5.41, 5.74) is 0.396. The minimum Gasteiger partial charge on any atom is -0.310 e. The van der Waals surface area contributed by atoms with Gasteiger partial charge in [-0.1, -0.05) is 33.1 Å².